The number of aryl methyl sites for hydroxylation is 2. The number of benzene rings is 2. The predicted molar refractivity (Wildman–Crippen MR) is 83.3 cm³/mol. The van der Waals surface area contributed by atoms with E-state index in [-0.39, 0.29) is 5.43 Å². The van der Waals surface area contributed by atoms with Crippen LogP contribution in [0.4, 0.5) is 0 Å². The first kappa shape index (κ1) is 12.2. The van der Waals surface area contributed by atoms with E-state index in [0.29, 0.717) is 5.88 Å². The molecular formula is C18H15NO2. The van der Waals surface area contributed by atoms with Crippen LogP contribution in [0.15, 0.2) is 47.3 Å². The molecule has 3 aromatic rings. The average molecular weight is 277 g/mol. The Bertz CT molecular complexity index is 938. The molecule has 104 valence electrons. The predicted octanol–water partition coefficient (Wildman–Crippen LogP) is 3.77. The first-order valence-electron chi connectivity index (χ1n) is 7.04. The summed E-state index contributed by atoms with van der Waals surface area (Å²) in [4.78, 5) is 12.2. The van der Waals surface area contributed by atoms with Gasteiger partial charge in [-0.25, -0.2) is 0 Å². The minimum atomic E-state index is 0.00469. The van der Waals surface area contributed by atoms with Crippen molar-refractivity contribution in [1.82, 2.24) is 4.57 Å². The van der Waals surface area contributed by atoms with Gasteiger partial charge < -0.3 is 9.30 Å². The molecule has 1 aliphatic rings. The lowest BCUT2D eigenvalue weighted by Gasteiger charge is -2.25. The molecule has 21 heavy (non-hydrogen) atoms. The molecule has 0 fully saturated rings. The molecule has 0 radical (unpaired) electrons. The van der Waals surface area contributed by atoms with Crippen LogP contribution in [0.2, 0.25) is 0 Å². The number of nitrogens with zero attached hydrogens (tertiary/aromatic N) is 1. The van der Waals surface area contributed by atoms with Crippen molar-refractivity contribution >= 4 is 10.9 Å². The molecule has 0 spiro atoms. The number of ether oxygens (including phenoxy) is 1. The van der Waals surface area contributed by atoms with Crippen molar-refractivity contribution in [3.05, 3.63) is 69.4 Å². The van der Waals surface area contributed by atoms with Crippen LogP contribution in [0, 0.1) is 13.8 Å². The highest BCUT2D eigenvalue weighted by Crippen LogP contribution is 2.36. The van der Waals surface area contributed by atoms with Gasteiger partial charge in [-0.2, -0.15) is 0 Å². The number of fused-ring (bicyclic) bond motifs is 4. The van der Waals surface area contributed by atoms with E-state index < -0.39 is 0 Å². The van der Waals surface area contributed by atoms with Gasteiger partial charge >= 0.3 is 0 Å². The van der Waals surface area contributed by atoms with E-state index in [1.54, 1.807) is 6.07 Å². The van der Waals surface area contributed by atoms with Crippen LogP contribution in [-0.4, -0.2) is 4.57 Å². The highest BCUT2D eigenvalue weighted by Gasteiger charge is 2.20. The van der Waals surface area contributed by atoms with Gasteiger partial charge in [-0.05, 0) is 31.5 Å². The van der Waals surface area contributed by atoms with Crippen molar-refractivity contribution in [1.29, 1.82) is 0 Å². The minimum Gasteiger partial charge on any atom is -0.440 e. The summed E-state index contributed by atoms with van der Waals surface area (Å²) in [6.45, 7) is 4.86. The third-order valence-electron chi connectivity index (χ3n) is 4.01. The summed E-state index contributed by atoms with van der Waals surface area (Å²) < 4.78 is 8.08. The topological polar surface area (TPSA) is 31.2 Å². The lowest BCUT2D eigenvalue weighted by Crippen LogP contribution is -2.17. The van der Waals surface area contributed by atoms with E-state index >= 15 is 0 Å². The van der Waals surface area contributed by atoms with Crippen LogP contribution >= 0.6 is 0 Å². The first-order valence-corrected chi connectivity index (χ1v) is 7.04. The maximum absolute atomic E-state index is 12.2. The molecule has 0 amide bonds. The molecule has 0 atom stereocenters. The Balaban J connectivity index is 2.01. The van der Waals surface area contributed by atoms with Crippen LogP contribution in [-0.2, 0) is 6.54 Å². The maximum Gasteiger partial charge on any atom is 0.204 e. The molecular weight excluding hydrogens is 262 g/mol. The number of aromatic nitrogens is 1. The van der Waals surface area contributed by atoms with Gasteiger partial charge in [0, 0.05) is 17.0 Å². The zero-order valence-electron chi connectivity index (χ0n) is 12.0. The van der Waals surface area contributed by atoms with Gasteiger partial charge in [-0.15, -0.1) is 0 Å². The molecule has 2 heterocycles. The van der Waals surface area contributed by atoms with Crippen LogP contribution in [0.3, 0.4) is 0 Å². The van der Waals surface area contributed by atoms with Crippen molar-refractivity contribution in [3.8, 4) is 11.6 Å². The Labute approximate surface area is 122 Å². The number of hydrogen-bond acceptors (Lipinski definition) is 2. The molecule has 0 aliphatic carbocycles. The smallest absolute Gasteiger partial charge is 0.204 e. The van der Waals surface area contributed by atoms with Crippen molar-refractivity contribution in [2.24, 2.45) is 0 Å². The normalized spacial score (nSPS) is 12.7. The van der Waals surface area contributed by atoms with Crippen LogP contribution in [0.25, 0.3) is 10.9 Å². The number of para-hydroxylation sites is 1. The Morgan fingerprint density at radius 2 is 1.90 bits per heavy atom. The molecule has 2 aromatic carbocycles. The zero-order valence-corrected chi connectivity index (χ0v) is 12.0. The van der Waals surface area contributed by atoms with Crippen molar-refractivity contribution in [3.63, 3.8) is 0 Å². The molecule has 1 aromatic heterocycles. The van der Waals surface area contributed by atoms with Gasteiger partial charge in [-0.1, -0.05) is 29.8 Å². The fourth-order valence-corrected chi connectivity index (χ4v) is 3.13. The maximum atomic E-state index is 12.2. The highest BCUT2D eigenvalue weighted by molar-refractivity contribution is 5.80. The largest absolute Gasteiger partial charge is 0.440 e. The molecule has 3 heteroatoms. The Kier molecular flexibility index (Phi) is 2.45. The summed E-state index contributed by atoms with van der Waals surface area (Å²) in [5, 5.41) is 0.734. The van der Waals surface area contributed by atoms with Crippen molar-refractivity contribution < 1.29 is 4.74 Å². The summed E-state index contributed by atoms with van der Waals surface area (Å²) in [5.74, 6) is 1.51. The van der Waals surface area contributed by atoms with E-state index in [0.717, 1.165) is 34.3 Å². The second-order valence-corrected chi connectivity index (χ2v) is 5.62. The molecule has 3 nitrogen and oxygen atoms in total. The number of rotatable bonds is 0. The summed E-state index contributed by atoms with van der Waals surface area (Å²) in [6, 6.07) is 13.5. The monoisotopic (exact) mass is 277 g/mol. The van der Waals surface area contributed by atoms with E-state index in [4.69, 9.17) is 4.74 Å². The Morgan fingerprint density at radius 1 is 1.10 bits per heavy atom. The number of pyridine rings is 1. The van der Waals surface area contributed by atoms with Gasteiger partial charge in [0.2, 0.25) is 5.88 Å². The van der Waals surface area contributed by atoms with Gasteiger partial charge in [0.15, 0.2) is 5.43 Å². The standard InChI is InChI=1S/C18H15NO2/c1-11-7-12(2)18-13(8-11)10-19-15-6-4-3-5-14(15)16(20)9-17(19)21-18/h3-9H,10H2,1-2H3. The molecule has 0 bridgehead atoms. The Morgan fingerprint density at radius 3 is 2.76 bits per heavy atom. The second kappa shape index (κ2) is 4.22. The third-order valence-corrected chi connectivity index (χ3v) is 4.01. The number of hydrogen-bond donors (Lipinski definition) is 0. The molecule has 4 rings (SSSR count). The summed E-state index contributed by atoms with van der Waals surface area (Å²) in [6.07, 6.45) is 0. The van der Waals surface area contributed by atoms with E-state index in [1.165, 1.54) is 5.56 Å². The lowest BCUT2D eigenvalue weighted by molar-refractivity contribution is 0.403. The second-order valence-electron chi connectivity index (χ2n) is 5.62. The highest BCUT2D eigenvalue weighted by atomic mass is 16.5. The first-order chi connectivity index (χ1) is 10.1. The molecule has 0 N–H and O–H groups in total. The van der Waals surface area contributed by atoms with E-state index in [9.17, 15) is 4.79 Å². The average Bonchev–Trinajstić information content (AvgIpc) is 2.47. The molecule has 1 aliphatic heterocycles. The minimum absolute atomic E-state index is 0.00469. The zero-order chi connectivity index (χ0) is 14.6. The third kappa shape index (κ3) is 1.77. The van der Waals surface area contributed by atoms with Gasteiger partial charge in [0.05, 0.1) is 12.1 Å². The molecule has 0 saturated heterocycles. The van der Waals surface area contributed by atoms with Crippen LogP contribution in [0.5, 0.6) is 11.6 Å². The SMILES string of the molecule is Cc1cc(C)c2c(c1)Cn1c(cc(=O)c3ccccc31)O2. The summed E-state index contributed by atoms with van der Waals surface area (Å²) in [5.41, 5.74) is 4.42. The summed E-state index contributed by atoms with van der Waals surface area (Å²) in [7, 11) is 0. The van der Waals surface area contributed by atoms with Gasteiger partial charge in [-0.3, -0.25) is 4.79 Å². The molecule has 0 unspecified atom stereocenters. The van der Waals surface area contributed by atoms with Crippen molar-refractivity contribution in [2.45, 2.75) is 20.4 Å². The van der Waals surface area contributed by atoms with Crippen LogP contribution in [0.1, 0.15) is 16.7 Å². The lowest BCUT2D eigenvalue weighted by atomic mass is 10.0. The van der Waals surface area contributed by atoms with Crippen molar-refractivity contribution in [2.75, 3.05) is 0 Å². The summed E-state index contributed by atoms with van der Waals surface area (Å²) >= 11 is 0. The fraction of sp³-hybridized carbons (Fsp3) is 0.167. The van der Waals surface area contributed by atoms with Gasteiger partial charge in [0.1, 0.15) is 5.75 Å². The quantitative estimate of drug-likeness (QED) is 0.490. The van der Waals surface area contributed by atoms with Crippen LogP contribution < -0.4 is 10.2 Å². The fourth-order valence-electron chi connectivity index (χ4n) is 3.13. The molecule has 0 saturated carbocycles. The van der Waals surface area contributed by atoms with Gasteiger partial charge in [0.25, 0.3) is 0 Å². The van der Waals surface area contributed by atoms with E-state index in [1.807, 2.05) is 31.2 Å². The van der Waals surface area contributed by atoms with E-state index in [2.05, 4.69) is 23.6 Å². The Hall–Kier alpha value is -2.55.